The molecule has 0 aliphatic carbocycles. The monoisotopic (exact) mass is 426 g/mol. The number of thiophene rings is 1. The van der Waals surface area contributed by atoms with Crippen LogP contribution < -0.4 is 0 Å². The van der Waals surface area contributed by atoms with E-state index in [2.05, 4.69) is 20.6 Å². The number of methoxy groups -OCH3 is 1. The van der Waals surface area contributed by atoms with Crippen LogP contribution in [-0.4, -0.2) is 44.9 Å². The van der Waals surface area contributed by atoms with Gasteiger partial charge in [-0.15, -0.1) is 25.6 Å². The fraction of sp³-hybridized carbons (Fsp3) is 0.111. The number of rotatable bonds is 5. The maximum Gasteiger partial charge on any atom is 0.294 e. The van der Waals surface area contributed by atoms with Crippen molar-refractivity contribution in [2.24, 2.45) is 0 Å². The fourth-order valence-corrected chi connectivity index (χ4v) is 5.51. The maximum atomic E-state index is 12.9. The molecule has 5 rings (SSSR count). The predicted molar refractivity (Wildman–Crippen MR) is 108 cm³/mol. The molecule has 0 aliphatic rings. The predicted octanol–water partition coefficient (Wildman–Crippen LogP) is 2.75. The average Bonchev–Trinajstić information content (AvgIpc) is 3.47. The first-order valence-electron chi connectivity index (χ1n) is 8.56. The van der Waals surface area contributed by atoms with Gasteiger partial charge in [0.2, 0.25) is 0 Å². The van der Waals surface area contributed by atoms with Crippen molar-refractivity contribution in [1.29, 1.82) is 0 Å². The highest BCUT2D eigenvalue weighted by atomic mass is 32.2. The van der Waals surface area contributed by atoms with E-state index in [1.165, 1.54) is 0 Å². The van der Waals surface area contributed by atoms with Crippen LogP contribution in [0, 0.1) is 0 Å². The first kappa shape index (κ1) is 17.9. The van der Waals surface area contributed by atoms with Gasteiger partial charge in [-0.25, -0.2) is 4.68 Å². The van der Waals surface area contributed by atoms with Gasteiger partial charge in [-0.05, 0) is 23.6 Å². The topological polar surface area (TPSA) is 105 Å². The molecule has 3 heterocycles. The molecule has 0 bridgehead atoms. The third-order valence-corrected chi connectivity index (χ3v) is 7.46. The van der Waals surface area contributed by atoms with Crippen LogP contribution in [0.4, 0.5) is 0 Å². The molecule has 0 saturated heterocycles. The zero-order valence-electron chi connectivity index (χ0n) is 15.1. The Morgan fingerprint density at radius 1 is 0.931 bits per heavy atom. The minimum atomic E-state index is -3.81. The first-order valence-corrected chi connectivity index (χ1v) is 10.9. The molecule has 0 atom stereocenters. The lowest BCUT2D eigenvalue weighted by Gasteiger charge is -2.05. The SMILES string of the molecule is COCn1nnc2c(-c3cccc4c3nnn4S(=O)(=O)c3cccs3)cccc21. The highest BCUT2D eigenvalue weighted by molar-refractivity contribution is 7.92. The second-order valence-electron chi connectivity index (χ2n) is 6.22. The molecule has 29 heavy (non-hydrogen) atoms. The molecule has 2 aromatic carbocycles. The second-order valence-corrected chi connectivity index (χ2v) is 9.16. The lowest BCUT2D eigenvalue weighted by molar-refractivity contribution is 0.122. The molecule has 0 radical (unpaired) electrons. The standard InChI is InChI=1S/C18H14N6O3S2/c1-27-11-23-14-7-2-5-12(17(14)19-21-23)13-6-3-8-15-18(13)20-22-24(15)29(25,26)16-9-4-10-28-16/h2-10H,11H2,1H3. The Bertz CT molecular complexity index is 1440. The highest BCUT2D eigenvalue weighted by Gasteiger charge is 2.24. The molecule has 0 aliphatic heterocycles. The van der Waals surface area contributed by atoms with Gasteiger partial charge in [0.1, 0.15) is 27.5 Å². The van der Waals surface area contributed by atoms with Gasteiger partial charge in [-0.1, -0.05) is 40.8 Å². The summed E-state index contributed by atoms with van der Waals surface area (Å²) in [6, 6.07) is 14.2. The summed E-state index contributed by atoms with van der Waals surface area (Å²) >= 11 is 1.14. The molecular formula is C18H14N6O3S2. The molecular weight excluding hydrogens is 412 g/mol. The molecule has 5 aromatic rings. The third kappa shape index (κ3) is 2.74. The lowest BCUT2D eigenvalue weighted by Crippen LogP contribution is -2.13. The van der Waals surface area contributed by atoms with Gasteiger partial charge in [0.25, 0.3) is 10.0 Å². The zero-order valence-corrected chi connectivity index (χ0v) is 16.8. The van der Waals surface area contributed by atoms with Crippen molar-refractivity contribution >= 4 is 43.4 Å². The van der Waals surface area contributed by atoms with Gasteiger partial charge in [0.15, 0.2) is 0 Å². The molecule has 146 valence electrons. The number of ether oxygens (including phenoxy) is 1. The first-order chi connectivity index (χ1) is 14.1. The van der Waals surface area contributed by atoms with Crippen molar-refractivity contribution in [2.75, 3.05) is 7.11 Å². The van der Waals surface area contributed by atoms with E-state index in [1.807, 2.05) is 24.3 Å². The van der Waals surface area contributed by atoms with Crippen LogP contribution in [0.3, 0.4) is 0 Å². The maximum absolute atomic E-state index is 12.9. The Balaban J connectivity index is 1.73. The minimum Gasteiger partial charge on any atom is -0.362 e. The molecule has 0 fully saturated rings. The van der Waals surface area contributed by atoms with Gasteiger partial charge >= 0.3 is 0 Å². The van der Waals surface area contributed by atoms with Crippen molar-refractivity contribution in [3.8, 4) is 11.1 Å². The molecule has 11 heteroatoms. The van der Waals surface area contributed by atoms with Crippen molar-refractivity contribution < 1.29 is 13.2 Å². The summed E-state index contributed by atoms with van der Waals surface area (Å²) in [4.78, 5) is 0. The van der Waals surface area contributed by atoms with E-state index >= 15 is 0 Å². The second kappa shape index (κ2) is 6.72. The number of hydrogen-bond donors (Lipinski definition) is 0. The summed E-state index contributed by atoms with van der Waals surface area (Å²) in [5.41, 5.74) is 3.87. The zero-order chi connectivity index (χ0) is 20.0. The van der Waals surface area contributed by atoms with E-state index < -0.39 is 10.0 Å². The summed E-state index contributed by atoms with van der Waals surface area (Å²) in [5, 5.41) is 18.3. The van der Waals surface area contributed by atoms with E-state index in [0.717, 1.165) is 32.1 Å². The van der Waals surface area contributed by atoms with E-state index in [4.69, 9.17) is 4.74 Å². The van der Waals surface area contributed by atoms with Crippen molar-refractivity contribution in [3.05, 3.63) is 53.9 Å². The van der Waals surface area contributed by atoms with Crippen LogP contribution in [0.25, 0.3) is 33.2 Å². The van der Waals surface area contributed by atoms with Gasteiger partial charge in [0, 0.05) is 18.2 Å². The Hall–Kier alpha value is -3.15. The van der Waals surface area contributed by atoms with Crippen LogP contribution in [0.15, 0.2) is 58.1 Å². The van der Waals surface area contributed by atoms with E-state index in [0.29, 0.717) is 16.6 Å². The number of nitrogens with zero attached hydrogens (tertiary/aromatic N) is 6. The fourth-order valence-electron chi connectivity index (χ4n) is 3.24. The molecule has 0 amide bonds. The highest BCUT2D eigenvalue weighted by Crippen LogP contribution is 2.33. The van der Waals surface area contributed by atoms with Crippen molar-refractivity contribution in [2.45, 2.75) is 10.9 Å². The van der Waals surface area contributed by atoms with Crippen molar-refractivity contribution in [3.63, 3.8) is 0 Å². The molecule has 0 saturated carbocycles. The van der Waals surface area contributed by atoms with Crippen LogP contribution in [0.1, 0.15) is 0 Å². The van der Waals surface area contributed by atoms with Gasteiger partial charge in [-0.3, -0.25) is 0 Å². The van der Waals surface area contributed by atoms with Gasteiger partial charge in [0.05, 0.1) is 5.52 Å². The van der Waals surface area contributed by atoms with Crippen molar-refractivity contribution in [1.82, 2.24) is 29.4 Å². The minimum absolute atomic E-state index is 0.208. The normalized spacial score (nSPS) is 12.2. The molecule has 0 spiro atoms. The van der Waals surface area contributed by atoms with E-state index in [-0.39, 0.29) is 10.9 Å². The average molecular weight is 426 g/mol. The summed E-state index contributed by atoms with van der Waals surface area (Å²) in [6.45, 7) is 0.277. The number of fused-ring (bicyclic) bond motifs is 2. The molecule has 0 unspecified atom stereocenters. The van der Waals surface area contributed by atoms with E-state index in [9.17, 15) is 8.42 Å². The molecule has 9 nitrogen and oxygen atoms in total. The van der Waals surface area contributed by atoms with Crippen LogP contribution in [-0.2, 0) is 21.5 Å². The lowest BCUT2D eigenvalue weighted by atomic mass is 10.0. The quantitative estimate of drug-likeness (QED) is 0.425. The Morgan fingerprint density at radius 2 is 1.62 bits per heavy atom. The van der Waals surface area contributed by atoms with E-state index in [1.54, 1.807) is 41.4 Å². The largest absolute Gasteiger partial charge is 0.362 e. The molecule has 0 N–H and O–H groups in total. The third-order valence-electron chi connectivity index (χ3n) is 4.51. The van der Waals surface area contributed by atoms with Gasteiger partial charge < -0.3 is 4.74 Å². The Morgan fingerprint density at radius 3 is 2.31 bits per heavy atom. The summed E-state index contributed by atoms with van der Waals surface area (Å²) in [7, 11) is -2.22. The number of hydrogen-bond acceptors (Lipinski definition) is 8. The molecule has 3 aromatic heterocycles. The van der Waals surface area contributed by atoms with Gasteiger partial charge in [-0.2, -0.15) is 8.42 Å². The smallest absolute Gasteiger partial charge is 0.294 e. The summed E-state index contributed by atoms with van der Waals surface area (Å²) in [5.74, 6) is 0. The summed E-state index contributed by atoms with van der Waals surface area (Å²) in [6.07, 6.45) is 0. The Labute approximate surface area is 169 Å². The number of aromatic nitrogens is 6. The van der Waals surface area contributed by atoms with Crippen LogP contribution in [0.5, 0.6) is 0 Å². The van der Waals surface area contributed by atoms with Crippen LogP contribution >= 0.6 is 11.3 Å². The van der Waals surface area contributed by atoms with Crippen LogP contribution in [0.2, 0.25) is 0 Å². The summed E-state index contributed by atoms with van der Waals surface area (Å²) < 4.78 is 33.9. The Kier molecular flexibility index (Phi) is 4.15. The number of benzene rings is 2.